The third-order valence-electron chi connectivity index (χ3n) is 2.87. The van der Waals surface area contributed by atoms with Gasteiger partial charge in [0.1, 0.15) is 24.0 Å². The van der Waals surface area contributed by atoms with Crippen molar-refractivity contribution in [1.29, 1.82) is 0 Å². The molecule has 2 aromatic rings. The first-order valence-electron chi connectivity index (χ1n) is 6.23. The van der Waals surface area contributed by atoms with E-state index in [0.29, 0.717) is 10.8 Å². The summed E-state index contributed by atoms with van der Waals surface area (Å²) in [5, 5.41) is 0.546. The van der Waals surface area contributed by atoms with Crippen LogP contribution in [0.1, 0.15) is 5.56 Å². The molecule has 0 spiro atoms. The molecule has 2 rings (SSSR count). The van der Waals surface area contributed by atoms with Crippen molar-refractivity contribution in [1.82, 2.24) is 0 Å². The van der Waals surface area contributed by atoms with Gasteiger partial charge in [0.05, 0.1) is 4.47 Å². The van der Waals surface area contributed by atoms with Crippen LogP contribution in [0.4, 0.5) is 8.78 Å². The Morgan fingerprint density at radius 1 is 1.24 bits per heavy atom. The fourth-order valence-electron chi connectivity index (χ4n) is 1.84. The van der Waals surface area contributed by atoms with E-state index in [1.807, 2.05) is 0 Å². The summed E-state index contributed by atoms with van der Waals surface area (Å²) in [6.07, 6.45) is 0.0394. The van der Waals surface area contributed by atoms with Gasteiger partial charge in [-0.25, -0.2) is 8.78 Å². The van der Waals surface area contributed by atoms with Gasteiger partial charge in [0.2, 0.25) is 0 Å². The Morgan fingerprint density at radius 2 is 2.00 bits per heavy atom. The van der Waals surface area contributed by atoms with Gasteiger partial charge in [0.25, 0.3) is 0 Å². The lowest BCUT2D eigenvalue weighted by atomic mass is 10.1. The summed E-state index contributed by atoms with van der Waals surface area (Å²) in [6.45, 7) is 0.131. The van der Waals surface area contributed by atoms with Crippen molar-refractivity contribution in [3.05, 3.63) is 63.1 Å². The molecule has 1 unspecified atom stereocenters. The monoisotopic (exact) mass is 375 g/mol. The van der Waals surface area contributed by atoms with Crippen LogP contribution in [0, 0.1) is 11.6 Å². The van der Waals surface area contributed by atoms with Crippen LogP contribution in [0.5, 0.6) is 5.75 Å². The lowest BCUT2D eigenvalue weighted by Gasteiger charge is -2.15. The third kappa shape index (κ3) is 4.40. The fraction of sp³-hybridized carbons (Fsp3) is 0.200. The van der Waals surface area contributed by atoms with Crippen LogP contribution in [0.25, 0.3) is 0 Å². The zero-order chi connectivity index (χ0) is 15.4. The molecule has 0 fully saturated rings. The molecule has 0 amide bonds. The average Bonchev–Trinajstić information content (AvgIpc) is 2.46. The van der Waals surface area contributed by atoms with Gasteiger partial charge in [0.15, 0.2) is 0 Å². The fourth-order valence-corrected chi connectivity index (χ4v) is 2.39. The minimum absolute atomic E-state index is 0.0394. The maximum absolute atomic E-state index is 13.8. The van der Waals surface area contributed by atoms with Crippen LogP contribution in [0.15, 0.2) is 40.9 Å². The highest BCUT2D eigenvalue weighted by molar-refractivity contribution is 9.10. The Bertz CT molecular complexity index is 639. The van der Waals surface area contributed by atoms with Gasteiger partial charge in [-0.1, -0.05) is 17.7 Å². The second kappa shape index (κ2) is 7.20. The summed E-state index contributed by atoms with van der Waals surface area (Å²) in [6, 6.07) is 8.84. The van der Waals surface area contributed by atoms with Gasteiger partial charge in [-0.05, 0) is 52.7 Å². The first-order chi connectivity index (χ1) is 9.97. The molecule has 6 heteroatoms. The quantitative estimate of drug-likeness (QED) is 0.788. The van der Waals surface area contributed by atoms with E-state index < -0.39 is 17.7 Å². The lowest BCUT2D eigenvalue weighted by molar-refractivity contribution is 0.285. The second-order valence-corrected chi connectivity index (χ2v) is 5.85. The van der Waals surface area contributed by atoms with Gasteiger partial charge < -0.3 is 10.5 Å². The Labute approximate surface area is 135 Å². The predicted molar refractivity (Wildman–Crippen MR) is 82.7 cm³/mol. The van der Waals surface area contributed by atoms with E-state index in [2.05, 4.69) is 15.9 Å². The van der Waals surface area contributed by atoms with Crippen LogP contribution >= 0.6 is 27.5 Å². The number of hydrogen-bond acceptors (Lipinski definition) is 2. The molecule has 112 valence electrons. The molecular weight excluding hydrogens is 364 g/mol. The largest absolute Gasteiger partial charge is 0.492 e. The Balaban J connectivity index is 1.99. The van der Waals surface area contributed by atoms with E-state index in [4.69, 9.17) is 22.1 Å². The number of hydrogen-bond donors (Lipinski definition) is 1. The molecule has 2 aromatic carbocycles. The summed E-state index contributed by atoms with van der Waals surface area (Å²) in [5.74, 6) is -0.685. The molecule has 0 saturated carbocycles. The molecule has 0 aliphatic carbocycles. The van der Waals surface area contributed by atoms with E-state index in [1.54, 1.807) is 24.3 Å². The van der Waals surface area contributed by atoms with E-state index in [1.165, 1.54) is 12.1 Å². The van der Waals surface area contributed by atoms with Crippen LogP contribution in [-0.4, -0.2) is 12.6 Å². The van der Waals surface area contributed by atoms with E-state index >= 15 is 0 Å². The Hall–Kier alpha value is -1.17. The summed E-state index contributed by atoms with van der Waals surface area (Å²) in [5.41, 5.74) is 5.82. The normalized spacial score (nSPS) is 12.2. The number of rotatable bonds is 5. The number of nitrogens with two attached hydrogens (primary N) is 1. The smallest absolute Gasteiger partial charge is 0.143 e. The number of ether oxygens (including phenoxy) is 1. The highest BCUT2D eigenvalue weighted by Crippen LogP contribution is 2.23. The van der Waals surface area contributed by atoms with Crippen LogP contribution in [0.2, 0.25) is 5.02 Å². The molecule has 0 saturated heterocycles. The number of halogens is 4. The zero-order valence-electron chi connectivity index (χ0n) is 11.0. The third-order valence-corrected chi connectivity index (χ3v) is 3.71. The average molecular weight is 377 g/mol. The Kier molecular flexibility index (Phi) is 5.56. The van der Waals surface area contributed by atoms with Crippen molar-refractivity contribution >= 4 is 27.5 Å². The predicted octanol–water partition coefficient (Wildman–Crippen LogP) is 4.33. The molecule has 2 N–H and O–H groups in total. The first kappa shape index (κ1) is 16.2. The molecular formula is C15H13BrClF2NO. The molecule has 0 aromatic heterocycles. The van der Waals surface area contributed by atoms with Crippen LogP contribution in [-0.2, 0) is 6.42 Å². The highest BCUT2D eigenvalue weighted by atomic mass is 79.9. The van der Waals surface area contributed by atoms with E-state index in [-0.39, 0.29) is 23.1 Å². The van der Waals surface area contributed by atoms with Crippen molar-refractivity contribution < 1.29 is 13.5 Å². The van der Waals surface area contributed by atoms with E-state index in [9.17, 15) is 8.78 Å². The van der Waals surface area contributed by atoms with Crippen molar-refractivity contribution in [3.8, 4) is 5.75 Å². The van der Waals surface area contributed by atoms with Gasteiger partial charge in [0, 0.05) is 16.6 Å². The molecule has 21 heavy (non-hydrogen) atoms. The molecule has 0 bridgehead atoms. The lowest BCUT2D eigenvalue weighted by Crippen LogP contribution is -2.31. The molecule has 0 aliphatic heterocycles. The van der Waals surface area contributed by atoms with Crippen LogP contribution < -0.4 is 10.5 Å². The summed E-state index contributed by atoms with van der Waals surface area (Å²) < 4.78 is 33.1. The standard InChI is InChI=1S/C15H13BrClF2NO/c16-13-4-5-14(18)12(15(13)19)7-10(20)8-21-11-3-1-2-9(17)6-11/h1-6,10H,7-8,20H2. The van der Waals surface area contributed by atoms with Crippen molar-refractivity contribution in [2.24, 2.45) is 5.73 Å². The van der Waals surface area contributed by atoms with Crippen molar-refractivity contribution in [2.45, 2.75) is 12.5 Å². The second-order valence-electron chi connectivity index (χ2n) is 4.55. The van der Waals surface area contributed by atoms with Crippen molar-refractivity contribution in [2.75, 3.05) is 6.61 Å². The topological polar surface area (TPSA) is 35.2 Å². The van der Waals surface area contributed by atoms with Crippen LogP contribution in [0.3, 0.4) is 0 Å². The maximum Gasteiger partial charge on any atom is 0.143 e. The molecule has 0 aliphatic rings. The first-order valence-corrected chi connectivity index (χ1v) is 7.41. The maximum atomic E-state index is 13.8. The summed E-state index contributed by atoms with van der Waals surface area (Å²) in [4.78, 5) is 0. The molecule has 0 heterocycles. The SMILES string of the molecule is NC(COc1cccc(Cl)c1)Cc1c(F)ccc(Br)c1F. The molecule has 1 atom stereocenters. The van der Waals surface area contributed by atoms with E-state index in [0.717, 1.165) is 0 Å². The molecule has 2 nitrogen and oxygen atoms in total. The van der Waals surface area contributed by atoms with Gasteiger partial charge in [-0.3, -0.25) is 0 Å². The van der Waals surface area contributed by atoms with Gasteiger partial charge >= 0.3 is 0 Å². The number of benzene rings is 2. The zero-order valence-corrected chi connectivity index (χ0v) is 13.3. The van der Waals surface area contributed by atoms with Crippen molar-refractivity contribution in [3.63, 3.8) is 0 Å². The minimum Gasteiger partial charge on any atom is -0.492 e. The minimum atomic E-state index is -0.631. The summed E-state index contributed by atoms with van der Waals surface area (Å²) in [7, 11) is 0. The Morgan fingerprint density at radius 3 is 2.71 bits per heavy atom. The van der Waals surface area contributed by atoms with Gasteiger partial charge in [-0.15, -0.1) is 0 Å². The van der Waals surface area contributed by atoms with Gasteiger partial charge in [-0.2, -0.15) is 0 Å². The highest BCUT2D eigenvalue weighted by Gasteiger charge is 2.16. The summed E-state index contributed by atoms with van der Waals surface area (Å²) >= 11 is 8.86. The molecule has 0 radical (unpaired) electrons.